The molecule has 0 unspecified atom stereocenters. The summed E-state index contributed by atoms with van der Waals surface area (Å²) in [4.78, 5) is 11.6. The number of nitrogens with one attached hydrogen (secondary N) is 1. The number of halogens is 1. The third-order valence-corrected chi connectivity index (χ3v) is 2.06. The fourth-order valence-corrected chi connectivity index (χ4v) is 1.27. The molecule has 0 aliphatic rings. The van der Waals surface area contributed by atoms with Gasteiger partial charge >= 0.3 is 0 Å². The molecular weight excluding hydrogens is 197 g/mol. The van der Waals surface area contributed by atoms with E-state index < -0.39 is 5.82 Å². The average molecular weight is 211 g/mol. The van der Waals surface area contributed by atoms with Crippen LogP contribution in [0.5, 0.6) is 5.75 Å². The topological polar surface area (TPSA) is 38.3 Å². The van der Waals surface area contributed by atoms with Crippen molar-refractivity contribution < 1.29 is 13.9 Å². The van der Waals surface area contributed by atoms with Gasteiger partial charge in [0.2, 0.25) is 0 Å². The smallest absolute Gasteiger partial charge is 0.167 e. The average Bonchev–Trinajstić information content (AvgIpc) is 2.25. The van der Waals surface area contributed by atoms with Crippen LogP contribution in [0, 0.1) is 5.82 Å². The number of ketones is 1. The standard InChI is InChI=1S/C11H14FNO2/c1-13-6-5-10(14)9-7-8(12)3-4-11(9)15-2/h3-4,7,13H,5-6H2,1-2H3. The molecule has 1 N–H and O–H groups in total. The molecule has 0 atom stereocenters. The van der Waals surface area contributed by atoms with Gasteiger partial charge in [-0.1, -0.05) is 0 Å². The summed E-state index contributed by atoms with van der Waals surface area (Å²) in [7, 11) is 3.22. The lowest BCUT2D eigenvalue weighted by Crippen LogP contribution is -2.13. The van der Waals surface area contributed by atoms with E-state index in [1.54, 1.807) is 7.05 Å². The van der Waals surface area contributed by atoms with Crippen molar-refractivity contribution in [1.29, 1.82) is 0 Å². The summed E-state index contributed by atoms with van der Waals surface area (Å²) in [6, 6.07) is 3.94. The van der Waals surface area contributed by atoms with Crippen LogP contribution in [0.2, 0.25) is 0 Å². The Morgan fingerprint density at radius 2 is 2.27 bits per heavy atom. The van der Waals surface area contributed by atoms with E-state index in [9.17, 15) is 9.18 Å². The van der Waals surface area contributed by atoms with Gasteiger partial charge in [0, 0.05) is 13.0 Å². The lowest BCUT2D eigenvalue weighted by molar-refractivity contribution is 0.0980. The van der Waals surface area contributed by atoms with E-state index in [0.717, 1.165) is 0 Å². The largest absolute Gasteiger partial charge is 0.496 e. The number of hydrogen-bond acceptors (Lipinski definition) is 3. The van der Waals surface area contributed by atoms with Gasteiger partial charge in [-0.25, -0.2) is 4.39 Å². The molecule has 0 fully saturated rings. The molecule has 0 heterocycles. The number of benzene rings is 1. The monoisotopic (exact) mass is 211 g/mol. The van der Waals surface area contributed by atoms with E-state index in [1.807, 2.05) is 0 Å². The lowest BCUT2D eigenvalue weighted by Gasteiger charge is -2.07. The van der Waals surface area contributed by atoms with E-state index in [4.69, 9.17) is 4.74 Å². The third kappa shape index (κ3) is 3.02. The summed E-state index contributed by atoms with van der Waals surface area (Å²) in [6.45, 7) is 0.568. The molecule has 0 saturated heterocycles. The van der Waals surface area contributed by atoms with Crippen LogP contribution in [0.3, 0.4) is 0 Å². The van der Waals surface area contributed by atoms with Crippen LogP contribution in [0.1, 0.15) is 16.8 Å². The molecule has 0 saturated carbocycles. The van der Waals surface area contributed by atoms with Gasteiger partial charge in [-0.3, -0.25) is 4.79 Å². The predicted octanol–water partition coefficient (Wildman–Crippen LogP) is 1.63. The molecule has 0 amide bonds. The maximum Gasteiger partial charge on any atom is 0.167 e. The molecule has 0 radical (unpaired) electrons. The van der Waals surface area contributed by atoms with E-state index in [0.29, 0.717) is 24.3 Å². The molecule has 15 heavy (non-hydrogen) atoms. The SMILES string of the molecule is CNCCC(=O)c1cc(F)ccc1OC. The second-order valence-corrected chi connectivity index (χ2v) is 3.12. The molecule has 0 aliphatic heterocycles. The molecule has 0 aromatic heterocycles. The Hall–Kier alpha value is -1.42. The summed E-state index contributed by atoms with van der Waals surface area (Å²) in [5.74, 6) is -0.137. The van der Waals surface area contributed by atoms with Crippen molar-refractivity contribution in [3.8, 4) is 5.75 Å². The van der Waals surface area contributed by atoms with Gasteiger partial charge in [0.15, 0.2) is 5.78 Å². The molecule has 0 spiro atoms. The zero-order valence-electron chi connectivity index (χ0n) is 8.84. The van der Waals surface area contributed by atoms with Crippen LogP contribution in [0.15, 0.2) is 18.2 Å². The second-order valence-electron chi connectivity index (χ2n) is 3.12. The normalized spacial score (nSPS) is 10.1. The molecule has 3 nitrogen and oxygen atoms in total. The number of rotatable bonds is 5. The first-order valence-electron chi connectivity index (χ1n) is 4.70. The van der Waals surface area contributed by atoms with Crippen LogP contribution in [0.4, 0.5) is 4.39 Å². The molecule has 1 aromatic carbocycles. The highest BCUT2D eigenvalue weighted by molar-refractivity contribution is 5.98. The van der Waals surface area contributed by atoms with Crippen molar-refractivity contribution in [2.45, 2.75) is 6.42 Å². The van der Waals surface area contributed by atoms with Gasteiger partial charge in [0.1, 0.15) is 11.6 Å². The summed E-state index contributed by atoms with van der Waals surface area (Å²) >= 11 is 0. The highest BCUT2D eigenvalue weighted by atomic mass is 19.1. The summed E-state index contributed by atoms with van der Waals surface area (Å²) in [6.07, 6.45) is 0.330. The van der Waals surface area contributed by atoms with Crippen LogP contribution in [-0.4, -0.2) is 26.5 Å². The Bertz CT molecular complexity index is 352. The Morgan fingerprint density at radius 1 is 1.53 bits per heavy atom. The molecule has 1 aromatic rings. The Kier molecular flexibility index (Phi) is 4.24. The summed E-state index contributed by atoms with van der Waals surface area (Å²) in [5.41, 5.74) is 0.299. The fourth-order valence-electron chi connectivity index (χ4n) is 1.27. The van der Waals surface area contributed by atoms with E-state index in [2.05, 4.69) is 5.32 Å². The van der Waals surface area contributed by atoms with Gasteiger partial charge in [0.25, 0.3) is 0 Å². The van der Waals surface area contributed by atoms with Crippen molar-refractivity contribution in [1.82, 2.24) is 5.32 Å². The highest BCUT2D eigenvalue weighted by Gasteiger charge is 2.12. The van der Waals surface area contributed by atoms with Crippen molar-refractivity contribution in [2.24, 2.45) is 0 Å². The minimum atomic E-state index is -0.427. The first-order chi connectivity index (χ1) is 7.19. The number of ether oxygens (including phenoxy) is 1. The highest BCUT2D eigenvalue weighted by Crippen LogP contribution is 2.20. The van der Waals surface area contributed by atoms with E-state index in [1.165, 1.54) is 25.3 Å². The number of Topliss-reactive ketones (excluding diaryl/α,β-unsaturated/α-hetero) is 1. The van der Waals surface area contributed by atoms with E-state index >= 15 is 0 Å². The summed E-state index contributed by atoms with van der Waals surface area (Å²) in [5, 5.41) is 2.87. The number of methoxy groups -OCH3 is 1. The minimum absolute atomic E-state index is 0.124. The maximum absolute atomic E-state index is 12.9. The Morgan fingerprint density at radius 3 is 2.87 bits per heavy atom. The molecule has 82 valence electrons. The summed E-state index contributed by atoms with van der Waals surface area (Å²) < 4.78 is 17.9. The molecular formula is C11H14FNO2. The zero-order chi connectivity index (χ0) is 11.3. The predicted molar refractivity (Wildman–Crippen MR) is 55.8 cm³/mol. The number of carbonyl (C=O) groups excluding carboxylic acids is 1. The number of hydrogen-bond donors (Lipinski definition) is 1. The van der Waals surface area contributed by atoms with Crippen molar-refractivity contribution in [2.75, 3.05) is 20.7 Å². The van der Waals surface area contributed by atoms with Crippen molar-refractivity contribution >= 4 is 5.78 Å². The maximum atomic E-state index is 12.9. The van der Waals surface area contributed by atoms with Crippen molar-refractivity contribution in [3.63, 3.8) is 0 Å². The Balaban J connectivity index is 2.90. The van der Waals surface area contributed by atoms with Gasteiger partial charge in [-0.05, 0) is 25.2 Å². The fraction of sp³-hybridized carbons (Fsp3) is 0.364. The molecule has 0 aliphatic carbocycles. The van der Waals surface area contributed by atoms with Crippen LogP contribution >= 0.6 is 0 Å². The van der Waals surface area contributed by atoms with E-state index in [-0.39, 0.29) is 5.78 Å². The van der Waals surface area contributed by atoms with Crippen LogP contribution in [-0.2, 0) is 0 Å². The Labute approximate surface area is 88.2 Å². The molecule has 1 rings (SSSR count). The zero-order valence-corrected chi connectivity index (χ0v) is 8.84. The molecule has 4 heteroatoms. The van der Waals surface area contributed by atoms with Crippen molar-refractivity contribution in [3.05, 3.63) is 29.6 Å². The van der Waals surface area contributed by atoms with Gasteiger partial charge in [0.05, 0.1) is 12.7 Å². The quantitative estimate of drug-likeness (QED) is 0.752. The number of carbonyl (C=O) groups is 1. The minimum Gasteiger partial charge on any atom is -0.496 e. The van der Waals surface area contributed by atoms with Crippen LogP contribution < -0.4 is 10.1 Å². The lowest BCUT2D eigenvalue weighted by atomic mass is 10.1. The first-order valence-corrected chi connectivity index (χ1v) is 4.70. The molecule has 0 bridgehead atoms. The van der Waals surface area contributed by atoms with Crippen LogP contribution in [0.25, 0.3) is 0 Å². The first kappa shape index (κ1) is 11.7. The third-order valence-electron chi connectivity index (χ3n) is 2.06. The second kappa shape index (κ2) is 5.46. The van der Waals surface area contributed by atoms with Gasteiger partial charge in [-0.15, -0.1) is 0 Å². The van der Waals surface area contributed by atoms with Gasteiger partial charge in [-0.2, -0.15) is 0 Å². The van der Waals surface area contributed by atoms with Gasteiger partial charge < -0.3 is 10.1 Å².